The lowest BCUT2D eigenvalue weighted by Crippen LogP contribution is -2.34. The van der Waals surface area contributed by atoms with Crippen molar-refractivity contribution >= 4 is 5.91 Å². The molecule has 1 aliphatic rings. The first-order valence-electron chi connectivity index (χ1n) is 6.20. The van der Waals surface area contributed by atoms with Crippen LogP contribution in [0.3, 0.4) is 0 Å². The molecule has 1 saturated carbocycles. The second-order valence-electron chi connectivity index (χ2n) is 4.51. The summed E-state index contributed by atoms with van der Waals surface area (Å²) in [6.45, 7) is 2.06. The van der Waals surface area contributed by atoms with Crippen LogP contribution in [-0.2, 0) is 0 Å². The quantitative estimate of drug-likeness (QED) is 0.774. The third kappa shape index (κ3) is 2.71. The molecule has 90 valence electrons. The smallest absolute Gasteiger partial charge is 0.268 e. The van der Waals surface area contributed by atoms with Crippen LogP contribution in [0.5, 0.6) is 0 Å². The number of carbonyl (C=O) groups excluding carboxylic acids is 1. The number of hydrogen-bond donors (Lipinski definition) is 1. The number of amides is 1. The normalized spacial score (nSPS) is 16.2. The molecule has 0 saturated heterocycles. The fourth-order valence-corrected chi connectivity index (χ4v) is 1.98. The van der Waals surface area contributed by atoms with E-state index in [4.69, 9.17) is 6.42 Å². The van der Waals surface area contributed by atoms with Crippen molar-refractivity contribution in [3.8, 4) is 12.3 Å². The Morgan fingerprint density at radius 3 is 3.06 bits per heavy atom. The summed E-state index contributed by atoms with van der Waals surface area (Å²) in [5.74, 6) is 2.56. The number of carbonyl (C=O) groups is 1. The van der Waals surface area contributed by atoms with Crippen LogP contribution in [0.2, 0.25) is 0 Å². The van der Waals surface area contributed by atoms with E-state index in [-0.39, 0.29) is 11.9 Å². The molecule has 17 heavy (non-hydrogen) atoms. The van der Waals surface area contributed by atoms with Crippen molar-refractivity contribution in [3.05, 3.63) is 24.0 Å². The maximum atomic E-state index is 12.1. The van der Waals surface area contributed by atoms with Crippen molar-refractivity contribution in [1.29, 1.82) is 0 Å². The lowest BCUT2D eigenvalue weighted by Gasteiger charge is -2.13. The van der Waals surface area contributed by atoms with E-state index in [1.165, 1.54) is 12.8 Å². The molecule has 1 heterocycles. The van der Waals surface area contributed by atoms with Gasteiger partial charge in [-0.05, 0) is 31.4 Å². The number of nitrogens with one attached hydrogen (secondary N) is 1. The van der Waals surface area contributed by atoms with Crippen LogP contribution in [0.15, 0.2) is 18.3 Å². The van der Waals surface area contributed by atoms with Crippen LogP contribution < -0.4 is 5.32 Å². The second kappa shape index (κ2) is 5.09. The van der Waals surface area contributed by atoms with Gasteiger partial charge in [-0.2, -0.15) is 0 Å². The molecule has 1 aromatic rings. The highest BCUT2D eigenvalue weighted by Gasteiger charge is 2.27. The molecule has 0 aliphatic heterocycles. The van der Waals surface area contributed by atoms with Gasteiger partial charge >= 0.3 is 0 Å². The molecule has 1 unspecified atom stereocenters. The summed E-state index contributed by atoms with van der Waals surface area (Å²) in [5.41, 5.74) is 0.726. The van der Waals surface area contributed by atoms with E-state index in [0.29, 0.717) is 6.04 Å². The van der Waals surface area contributed by atoms with Gasteiger partial charge in [0.1, 0.15) is 5.69 Å². The number of rotatable bonds is 5. The zero-order chi connectivity index (χ0) is 12.3. The van der Waals surface area contributed by atoms with Gasteiger partial charge in [-0.25, -0.2) is 0 Å². The Hall–Kier alpha value is -1.69. The minimum atomic E-state index is -0.157. The van der Waals surface area contributed by atoms with Gasteiger partial charge in [0.05, 0.1) is 6.04 Å². The average molecular weight is 230 g/mol. The zero-order valence-corrected chi connectivity index (χ0v) is 10.1. The molecule has 1 aromatic heterocycles. The van der Waals surface area contributed by atoms with E-state index in [2.05, 4.69) is 22.7 Å². The minimum Gasteiger partial charge on any atom is -0.340 e. The lowest BCUT2D eigenvalue weighted by atomic mass is 10.2. The summed E-state index contributed by atoms with van der Waals surface area (Å²) in [7, 11) is 0. The maximum absolute atomic E-state index is 12.1. The summed E-state index contributed by atoms with van der Waals surface area (Å²) in [5, 5.41) is 2.90. The molecule has 0 radical (unpaired) electrons. The summed E-state index contributed by atoms with van der Waals surface area (Å²) in [6.07, 6.45) is 11.5. The summed E-state index contributed by atoms with van der Waals surface area (Å²) >= 11 is 0. The summed E-state index contributed by atoms with van der Waals surface area (Å²) in [6, 6.07) is 4.13. The standard InChI is InChI=1S/C14H18N2O/c1-3-6-11(4-2)15-14(17)13-7-5-10-16(13)12-8-9-12/h2,5,7,10-12H,3,6,8-9H2,1H3,(H,15,17). The van der Waals surface area contributed by atoms with Gasteiger partial charge in [-0.1, -0.05) is 19.3 Å². The van der Waals surface area contributed by atoms with Crippen molar-refractivity contribution in [1.82, 2.24) is 9.88 Å². The van der Waals surface area contributed by atoms with Gasteiger partial charge in [-0.3, -0.25) is 4.79 Å². The Bertz CT molecular complexity index is 437. The molecule has 0 spiro atoms. The van der Waals surface area contributed by atoms with E-state index >= 15 is 0 Å². The highest BCUT2D eigenvalue weighted by atomic mass is 16.2. The highest BCUT2D eigenvalue weighted by molar-refractivity contribution is 5.93. The van der Waals surface area contributed by atoms with Gasteiger partial charge in [0, 0.05) is 12.2 Å². The fraction of sp³-hybridized carbons (Fsp3) is 0.500. The van der Waals surface area contributed by atoms with Crippen molar-refractivity contribution in [2.45, 2.75) is 44.7 Å². The molecular weight excluding hydrogens is 212 g/mol. The third-order valence-electron chi connectivity index (χ3n) is 3.04. The molecular formula is C14H18N2O. The van der Waals surface area contributed by atoms with Gasteiger partial charge in [-0.15, -0.1) is 6.42 Å². The SMILES string of the molecule is C#CC(CCC)NC(=O)c1cccn1C1CC1. The molecule has 1 aliphatic carbocycles. The Balaban J connectivity index is 2.03. The number of terminal acetylenes is 1. The topological polar surface area (TPSA) is 34.0 Å². The summed E-state index contributed by atoms with van der Waals surface area (Å²) < 4.78 is 2.05. The van der Waals surface area contributed by atoms with Crippen LogP contribution in [0.1, 0.15) is 49.1 Å². The molecule has 0 aromatic carbocycles. The number of hydrogen-bond acceptors (Lipinski definition) is 1. The van der Waals surface area contributed by atoms with Gasteiger partial charge in [0.2, 0.25) is 0 Å². The van der Waals surface area contributed by atoms with Crippen LogP contribution in [-0.4, -0.2) is 16.5 Å². The molecule has 3 nitrogen and oxygen atoms in total. The van der Waals surface area contributed by atoms with Gasteiger partial charge in [0.25, 0.3) is 5.91 Å². The van der Waals surface area contributed by atoms with Crippen LogP contribution in [0, 0.1) is 12.3 Å². The second-order valence-corrected chi connectivity index (χ2v) is 4.51. The van der Waals surface area contributed by atoms with Crippen molar-refractivity contribution in [3.63, 3.8) is 0 Å². The Labute approximate surface area is 102 Å². The molecule has 1 N–H and O–H groups in total. The van der Waals surface area contributed by atoms with Gasteiger partial charge in [0.15, 0.2) is 0 Å². The Kier molecular flexibility index (Phi) is 3.53. The largest absolute Gasteiger partial charge is 0.340 e. The van der Waals surface area contributed by atoms with E-state index in [1.54, 1.807) is 0 Å². The molecule has 1 amide bonds. The monoisotopic (exact) mass is 230 g/mol. The molecule has 2 rings (SSSR count). The van der Waals surface area contributed by atoms with Crippen molar-refractivity contribution in [2.24, 2.45) is 0 Å². The Morgan fingerprint density at radius 2 is 2.47 bits per heavy atom. The first-order chi connectivity index (χ1) is 8.26. The van der Waals surface area contributed by atoms with Crippen LogP contribution in [0.25, 0.3) is 0 Å². The predicted molar refractivity (Wildman–Crippen MR) is 67.7 cm³/mol. The first kappa shape index (κ1) is 11.8. The van der Waals surface area contributed by atoms with Crippen molar-refractivity contribution in [2.75, 3.05) is 0 Å². The molecule has 1 atom stereocenters. The molecule has 3 heteroatoms. The fourth-order valence-electron chi connectivity index (χ4n) is 1.98. The lowest BCUT2D eigenvalue weighted by molar-refractivity contribution is 0.0934. The maximum Gasteiger partial charge on any atom is 0.268 e. The van der Waals surface area contributed by atoms with E-state index in [1.807, 2.05) is 18.3 Å². The molecule has 0 bridgehead atoms. The number of aromatic nitrogens is 1. The van der Waals surface area contributed by atoms with Crippen LogP contribution >= 0.6 is 0 Å². The average Bonchev–Trinajstić information content (AvgIpc) is 3.06. The minimum absolute atomic E-state index is 0.0571. The van der Waals surface area contributed by atoms with E-state index in [9.17, 15) is 4.79 Å². The predicted octanol–water partition coefficient (Wildman–Crippen LogP) is 2.35. The summed E-state index contributed by atoms with van der Waals surface area (Å²) in [4.78, 5) is 12.1. The van der Waals surface area contributed by atoms with Gasteiger partial charge < -0.3 is 9.88 Å². The van der Waals surface area contributed by atoms with E-state index < -0.39 is 0 Å². The third-order valence-corrected chi connectivity index (χ3v) is 3.04. The highest BCUT2D eigenvalue weighted by Crippen LogP contribution is 2.35. The Morgan fingerprint density at radius 1 is 1.71 bits per heavy atom. The molecule has 1 fully saturated rings. The first-order valence-corrected chi connectivity index (χ1v) is 6.20. The van der Waals surface area contributed by atoms with E-state index in [0.717, 1.165) is 18.5 Å². The number of nitrogens with zero attached hydrogens (tertiary/aromatic N) is 1. The van der Waals surface area contributed by atoms with Crippen molar-refractivity contribution < 1.29 is 4.79 Å². The van der Waals surface area contributed by atoms with Crippen LogP contribution in [0.4, 0.5) is 0 Å². The zero-order valence-electron chi connectivity index (χ0n) is 10.1.